The fraction of sp³-hybridized carbons (Fsp3) is 0.667. The third kappa shape index (κ3) is 2.21. The summed E-state index contributed by atoms with van der Waals surface area (Å²) in [6, 6.07) is 0. The molecule has 1 N–H and O–H groups in total. The molecule has 0 fully saturated rings. The minimum absolute atomic E-state index is 0.694. The van der Waals surface area contributed by atoms with Crippen LogP contribution in [0, 0.1) is 0 Å². The van der Waals surface area contributed by atoms with Crippen molar-refractivity contribution in [1.82, 2.24) is 4.31 Å². The summed E-state index contributed by atoms with van der Waals surface area (Å²) in [5.74, 6) is 0. The van der Waals surface area contributed by atoms with Crippen LogP contribution in [0.2, 0.25) is 0 Å². The van der Waals surface area contributed by atoms with Crippen molar-refractivity contribution in [2.45, 2.75) is 12.8 Å². The second kappa shape index (κ2) is 3.85. The quantitative estimate of drug-likeness (QED) is 0.456. The normalized spacial score (nSPS) is 24.1. The highest BCUT2D eigenvalue weighted by Crippen LogP contribution is 2.03. The van der Waals surface area contributed by atoms with E-state index in [0.29, 0.717) is 13.1 Å². The summed E-state index contributed by atoms with van der Waals surface area (Å²) in [7, 11) is 0. The molecule has 4 heteroatoms. The Hall–Kier alpha value is -0.190. The standard InChI is InChI=1S/C6H11NO2S/c8-10(9)7-5-3-1-2-4-6-7/h1-2H,3-6H2,(H,8,9). The van der Waals surface area contributed by atoms with E-state index in [1.165, 1.54) is 0 Å². The van der Waals surface area contributed by atoms with Crippen LogP contribution in [0.4, 0.5) is 0 Å². The first-order valence-corrected chi connectivity index (χ1v) is 4.38. The van der Waals surface area contributed by atoms with Crippen molar-refractivity contribution < 1.29 is 8.76 Å². The second-order valence-corrected chi connectivity index (χ2v) is 3.19. The van der Waals surface area contributed by atoms with Crippen molar-refractivity contribution in [3.63, 3.8) is 0 Å². The van der Waals surface area contributed by atoms with Gasteiger partial charge in [0.25, 0.3) is 0 Å². The maximum absolute atomic E-state index is 10.5. The van der Waals surface area contributed by atoms with Crippen LogP contribution < -0.4 is 0 Å². The number of rotatable bonds is 1. The zero-order chi connectivity index (χ0) is 7.40. The Morgan fingerprint density at radius 3 is 2.20 bits per heavy atom. The molecule has 1 atom stereocenters. The van der Waals surface area contributed by atoms with Gasteiger partial charge in [-0.2, -0.15) is 0 Å². The fourth-order valence-corrected chi connectivity index (χ4v) is 1.46. The predicted molar refractivity (Wildman–Crippen MR) is 40.7 cm³/mol. The molecule has 0 radical (unpaired) electrons. The topological polar surface area (TPSA) is 40.5 Å². The van der Waals surface area contributed by atoms with Gasteiger partial charge in [0.05, 0.1) is 0 Å². The molecule has 0 amide bonds. The Morgan fingerprint density at radius 2 is 1.80 bits per heavy atom. The Balaban J connectivity index is 2.41. The number of hydrogen-bond acceptors (Lipinski definition) is 1. The summed E-state index contributed by atoms with van der Waals surface area (Å²) < 4.78 is 20.7. The van der Waals surface area contributed by atoms with Gasteiger partial charge in [0.15, 0.2) is 0 Å². The van der Waals surface area contributed by atoms with Crippen molar-refractivity contribution in [2.75, 3.05) is 13.1 Å². The molecule has 1 unspecified atom stereocenters. The summed E-state index contributed by atoms with van der Waals surface area (Å²) in [5, 5.41) is 0. The van der Waals surface area contributed by atoms with E-state index in [4.69, 9.17) is 4.55 Å². The van der Waals surface area contributed by atoms with Gasteiger partial charge in [-0.25, -0.2) is 8.51 Å². The van der Waals surface area contributed by atoms with E-state index in [-0.39, 0.29) is 0 Å². The lowest BCUT2D eigenvalue weighted by Crippen LogP contribution is -2.26. The highest BCUT2D eigenvalue weighted by atomic mass is 32.2. The molecule has 0 aromatic carbocycles. The molecule has 58 valence electrons. The number of hydrogen-bond donors (Lipinski definition) is 1. The molecule has 10 heavy (non-hydrogen) atoms. The van der Waals surface area contributed by atoms with Crippen molar-refractivity contribution in [3.8, 4) is 0 Å². The second-order valence-electron chi connectivity index (χ2n) is 2.21. The lowest BCUT2D eigenvalue weighted by Gasteiger charge is -2.12. The molecule has 1 aliphatic rings. The van der Waals surface area contributed by atoms with Gasteiger partial charge < -0.3 is 0 Å². The first kappa shape index (κ1) is 7.91. The maximum Gasteiger partial charge on any atom is 0.234 e. The molecule has 1 aliphatic heterocycles. The van der Waals surface area contributed by atoms with E-state index >= 15 is 0 Å². The predicted octanol–water partition coefficient (Wildman–Crippen LogP) is 0.775. The lowest BCUT2D eigenvalue weighted by atomic mass is 10.4. The molecule has 0 bridgehead atoms. The molecular formula is C6H11NO2S. The summed E-state index contributed by atoms with van der Waals surface area (Å²) in [5.41, 5.74) is 0. The molecule has 0 aromatic heterocycles. The summed E-state index contributed by atoms with van der Waals surface area (Å²) in [6.07, 6.45) is 5.86. The smallest absolute Gasteiger partial charge is 0.234 e. The first-order valence-electron chi connectivity index (χ1n) is 3.31. The third-order valence-electron chi connectivity index (χ3n) is 1.48. The zero-order valence-corrected chi connectivity index (χ0v) is 6.51. The van der Waals surface area contributed by atoms with Crippen LogP contribution in [-0.2, 0) is 11.3 Å². The summed E-state index contributed by atoms with van der Waals surface area (Å²) >= 11 is -1.77. The minimum Gasteiger partial charge on any atom is -0.294 e. The average molecular weight is 161 g/mol. The summed E-state index contributed by atoms with van der Waals surface area (Å²) in [6.45, 7) is 1.39. The van der Waals surface area contributed by atoms with Crippen LogP contribution in [-0.4, -0.2) is 26.2 Å². The first-order chi connectivity index (χ1) is 4.80. The van der Waals surface area contributed by atoms with Gasteiger partial charge in [-0.3, -0.25) is 4.55 Å². The van der Waals surface area contributed by atoms with Gasteiger partial charge in [-0.15, -0.1) is 0 Å². The van der Waals surface area contributed by atoms with Crippen LogP contribution in [0.3, 0.4) is 0 Å². The minimum atomic E-state index is -1.77. The molecule has 3 nitrogen and oxygen atoms in total. The molecule has 0 aliphatic carbocycles. The monoisotopic (exact) mass is 161 g/mol. The Morgan fingerprint density at radius 1 is 1.30 bits per heavy atom. The molecule has 1 heterocycles. The zero-order valence-electron chi connectivity index (χ0n) is 5.69. The fourth-order valence-electron chi connectivity index (χ4n) is 0.941. The van der Waals surface area contributed by atoms with Crippen LogP contribution in [0.25, 0.3) is 0 Å². The number of nitrogens with zero attached hydrogens (tertiary/aromatic N) is 1. The van der Waals surface area contributed by atoms with E-state index in [1.54, 1.807) is 4.31 Å². The molecular weight excluding hydrogens is 150 g/mol. The van der Waals surface area contributed by atoms with E-state index < -0.39 is 11.3 Å². The van der Waals surface area contributed by atoms with E-state index in [9.17, 15) is 4.21 Å². The van der Waals surface area contributed by atoms with Crippen molar-refractivity contribution >= 4 is 11.3 Å². The van der Waals surface area contributed by atoms with Crippen LogP contribution >= 0.6 is 0 Å². The largest absolute Gasteiger partial charge is 0.294 e. The highest BCUT2D eigenvalue weighted by Gasteiger charge is 2.09. The van der Waals surface area contributed by atoms with Gasteiger partial charge in [-0.05, 0) is 12.8 Å². The Kier molecular flexibility index (Phi) is 3.05. The summed E-state index contributed by atoms with van der Waals surface area (Å²) in [4.78, 5) is 0. The maximum atomic E-state index is 10.5. The van der Waals surface area contributed by atoms with Gasteiger partial charge in [-0.1, -0.05) is 12.2 Å². The molecule has 0 saturated carbocycles. The third-order valence-corrected chi connectivity index (χ3v) is 2.28. The van der Waals surface area contributed by atoms with Gasteiger partial charge in [0.2, 0.25) is 11.3 Å². The lowest BCUT2D eigenvalue weighted by molar-refractivity contribution is 0.412. The van der Waals surface area contributed by atoms with Gasteiger partial charge >= 0.3 is 0 Å². The highest BCUT2D eigenvalue weighted by molar-refractivity contribution is 7.76. The van der Waals surface area contributed by atoms with Crippen molar-refractivity contribution in [2.24, 2.45) is 0 Å². The molecule has 0 saturated heterocycles. The van der Waals surface area contributed by atoms with Crippen LogP contribution in [0.5, 0.6) is 0 Å². The molecule has 0 spiro atoms. The van der Waals surface area contributed by atoms with Crippen LogP contribution in [0.15, 0.2) is 12.2 Å². The van der Waals surface area contributed by atoms with E-state index in [1.807, 2.05) is 12.2 Å². The average Bonchev–Trinajstić information content (AvgIpc) is 2.12. The SMILES string of the molecule is O=S(O)N1CCC=CCC1. The Labute approximate surface area is 63.1 Å². The van der Waals surface area contributed by atoms with Gasteiger partial charge in [0.1, 0.15) is 0 Å². The Bertz CT molecular complexity index is 148. The van der Waals surface area contributed by atoms with E-state index in [2.05, 4.69) is 0 Å². The van der Waals surface area contributed by atoms with E-state index in [0.717, 1.165) is 12.8 Å². The van der Waals surface area contributed by atoms with Crippen molar-refractivity contribution in [3.05, 3.63) is 12.2 Å². The van der Waals surface area contributed by atoms with Crippen LogP contribution in [0.1, 0.15) is 12.8 Å². The van der Waals surface area contributed by atoms with Crippen molar-refractivity contribution in [1.29, 1.82) is 0 Å². The van der Waals surface area contributed by atoms with Gasteiger partial charge in [0, 0.05) is 13.1 Å². The molecule has 0 aromatic rings. The molecule has 1 rings (SSSR count).